The van der Waals surface area contributed by atoms with Gasteiger partial charge in [-0.05, 0) is 53.5 Å². The predicted octanol–water partition coefficient (Wildman–Crippen LogP) is 3.71. The first-order valence-electron chi connectivity index (χ1n) is 8.68. The Bertz CT molecular complexity index is 772. The minimum Gasteiger partial charge on any atom is -0.466 e. The molecule has 0 unspecified atom stereocenters. The lowest BCUT2D eigenvalue weighted by atomic mass is 9.97. The van der Waals surface area contributed by atoms with E-state index in [0.29, 0.717) is 0 Å². The molecule has 0 bridgehead atoms. The van der Waals surface area contributed by atoms with E-state index in [-0.39, 0.29) is 17.9 Å². The molecule has 0 spiro atoms. The maximum Gasteiger partial charge on any atom is 0.230 e. The molecule has 3 heterocycles. The van der Waals surface area contributed by atoms with E-state index in [1.54, 1.807) is 0 Å². The Morgan fingerprint density at radius 3 is 2.58 bits per heavy atom. The minimum atomic E-state index is -0.180. The van der Waals surface area contributed by atoms with Crippen LogP contribution in [-0.4, -0.2) is 27.1 Å². The average Bonchev–Trinajstić information content (AvgIpc) is 3.17. The van der Waals surface area contributed by atoms with Gasteiger partial charge in [0.1, 0.15) is 11.5 Å². The molecule has 0 aliphatic carbocycles. The van der Waals surface area contributed by atoms with Crippen molar-refractivity contribution in [3.8, 4) is 0 Å². The molecule has 2 aromatic heterocycles. The summed E-state index contributed by atoms with van der Waals surface area (Å²) in [5.74, 6) is 1.71. The molecule has 1 aliphatic heterocycles. The molecular formula is C19H27N3O2. The first kappa shape index (κ1) is 16.8. The summed E-state index contributed by atoms with van der Waals surface area (Å²) in [5.41, 5.74) is 4.40. The first-order chi connectivity index (χ1) is 11.3. The first-order valence-corrected chi connectivity index (χ1v) is 8.68. The maximum absolute atomic E-state index is 13.2. The minimum absolute atomic E-state index is 0.141. The Morgan fingerprint density at radius 2 is 2.04 bits per heavy atom. The van der Waals surface area contributed by atoms with Gasteiger partial charge in [0.25, 0.3) is 0 Å². The summed E-state index contributed by atoms with van der Waals surface area (Å²) in [5, 5.41) is 4.53. The van der Waals surface area contributed by atoms with Crippen molar-refractivity contribution in [3.05, 3.63) is 40.1 Å². The van der Waals surface area contributed by atoms with E-state index in [1.807, 2.05) is 50.4 Å². The number of carbonyl (C=O) groups excluding carboxylic acids is 1. The van der Waals surface area contributed by atoms with Gasteiger partial charge < -0.3 is 9.32 Å². The molecule has 1 fully saturated rings. The van der Waals surface area contributed by atoms with Crippen LogP contribution in [0.3, 0.4) is 0 Å². The lowest BCUT2D eigenvalue weighted by molar-refractivity contribution is -0.133. The molecule has 1 amide bonds. The van der Waals surface area contributed by atoms with Crippen LogP contribution in [0.2, 0.25) is 0 Å². The third kappa shape index (κ3) is 2.66. The van der Waals surface area contributed by atoms with Gasteiger partial charge in [-0.2, -0.15) is 5.10 Å². The summed E-state index contributed by atoms with van der Waals surface area (Å²) >= 11 is 0. The van der Waals surface area contributed by atoms with E-state index in [2.05, 4.69) is 12.0 Å². The molecule has 1 aliphatic rings. The van der Waals surface area contributed by atoms with Gasteiger partial charge in [-0.3, -0.25) is 9.48 Å². The number of hydrogen-bond acceptors (Lipinski definition) is 3. The van der Waals surface area contributed by atoms with Gasteiger partial charge in [0.05, 0.1) is 17.7 Å². The molecule has 2 atom stereocenters. The van der Waals surface area contributed by atoms with Crippen LogP contribution in [0.1, 0.15) is 65.8 Å². The normalized spacial score (nSPS) is 19.1. The number of nitrogens with zero attached hydrogens (tertiary/aromatic N) is 3. The van der Waals surface area contributed by atoms with E-state index in [0.717, 1.165) is 47.9 Å². The number of carbonyl (C=O) groups is 1. The molecule has 3 rings (SSSR count). The zero-order valence-electron chi connectivity index (χ0n) is 15.5. The number of aryl methyl sites for hydroxylation is 4. The number of likely N-dealkylation sites (tertiary alicyclic amines) is 1. The van der Waals surface area contributed by atoms with Gasteiger partial charge in [-0.25, -0.2) is 0 Å². The molecule has 0 radical (unpaired) electrons. The molecule has 130 valence electrons. The fraction of sp³-hybridized carbons (Fsp3) is 0.579. The van der Waals surface area contributed by atoms with E-state index in [9.17, 15) is 4.79 Å². The van der Waals surface area contributed by atoms with Crippen molar-refractivity contribution in [2.45, 2.75) is 59.4 Å². The number of hydrogen-bond donors (Lipinski definition) is 0. The van der Waals surface area contributed by atoms with Gasteiger partial charge in [0.15, 0.2) is 0 Å². The maximum atomic E-state index is 13.2. The summed E-state index contributed by atoms with van der Waals surface area (Å²) in [6.45, 7) is 10.8. The van der Waals surface area contributed by atoms with Crippen LogP contribution in [-0.2, 0) is 11.8 Å². The summed E-state index contributed by atoms with van der Waals surface area (Å²) in [4.78, 5) is 15.2. The molecule has 5 heteroatoms. The number of amides is 1. The van der Waals surface area contributed by atoms with Crippen LogP contribution in [0.5, 0.6) is 0 Å². The highest BCUT2D eigenvalue weighted by Crippen LogP contribution is 2.38. The van der Waals surface area contributed by atoms with Crippen molar-refractivity contribution in [3.63, 3.8) is 0 Å². The van der Waals surface area contributed by atoms with Crippen LogP contribution in [0.25, 0.3) is 0 Å². The quantitative estimate of drug-likeness (QED) is 0.862. The Kier molecular flexibility index (Phi) is 4.28. The summed E-state index contributed by atoms with van der Waals surface area (Å²) in [6.07, 6.45) is 2.05. The largest absolute Gasteiger partial charge is 0.466 e. The van der Waals surface area contributed by atoms with Crippen LogP contribution in [0.4, 0.5) is 0 Å². The highest BCUT2D eigenvalue weighted by atomic mass is 16.3. The molecule has 0 saturated carbocycles. The molecule has 0 aromatic carbocycles. The SMILES string of the molecule is Cc1cc([C@H](C)C(=O)N2CCC[C@H]2c2c(C)nn(C)c2C)c(C)o1. The summed E-state index contributed by atoms with van der Waals surface area (Å²) < 4.78 is 7.53. The second-order valence-electron chi connectivity index (χ2n) is 6.99. The fourth-order valence-corrected chi connectivity index (χ4v) is 4.06. The van der Waals surface area contributed by atoms with Gasteiger partial charge >= 0.3 is 0 Å². The van der Waals surface area contributed by atoms with E-state index in [1.165, 1.54) is 5.56 Å². The molecule has 5 nitrogen and oxygen atoms in total. The second-order valence-corrected chi connectivity index (χ2v) is 6.99. The van der Waals surface area contributed by atoms with Crippen molar-refractivity contribution in [1.29, 1.82) is 0 Å². The van der Waals surface area contributed by atoms with Gasteiger partial charge in [0, 0.05) is 30.4 Å². The van der Waals surface area contributed by atoms with Crippen LogP contribution in [0, 0.1) is 27.7 Å². The molecule has 2 aromatic rings. The number of aromatic nitrogens is 2. The zero-order valence-corrected chi connectivity index (χ0v) is 15.5. The predicted molar refractivity (Wildman–Crippen MR) is 93.0 cm³/mol. The summed E-state index contributed by atoms with van der Waals surface area (Å²) in [7, 11) is 1.97. The van der Waals surface area contributed by atoms with Crippen molar-refractivity contribution in [2.75, 3.05) is 6.54 Å². The Balaban J connectivity index is 1.90. The monoisotopic (exact) mass is 329 g/mol. The summed E-state index contributed by atoms with van der Waals surface area (Å²) in [6, 6.07) is 2.13. The Labute approximate surface area is 143 Å². The molecular weight excluding hydrogens is 302 g/mol. The van der Waals surface area contributed by atoms with Gasteiger partial charge in [0.2, 0.25) is 5.91 Å². The Hall–Kier alpha value is -2.04. The number of rotatable bonds is 3. The van der Waals surface area contributed by atoms with Crippen LogP contribution < -0.4 is 0 Å². The van der Waals surface area contributed by atoms with Crippen LogP contribution >= 0.6 is 0 Å². The van der Waals surface area contributed by atoms with Crippen molar-refractivity contribution < 1.29 is 9.21 Å². The lowest BCUT2D eigenvalue weighted by Crippen LogP contribution is -2.34. The van der Waals surface area contributed by atoms with Crippen molar-refractivity contribution in [2.24, 2.45) is 7.05 Å². The van der Waals surface area contributed by atoms with Crippen molar-refractivity contribution >= 4 is 5.91 Å². The molecule has 24 heavy (non-hydrogen) atoms. The standard InChI is InChI=1S/C19H27N3O2/c1-11-10-16(15(5)24-11)12(2)19(23)22-9-7-8-17(22)18-13(3)20-21(6)14(18)4/h10,12,17H,7-9H2,1-6H3/t12-,17-/m0/s1. The third-order valence-corrected chi connectivity index (χ3v) is 5.35. The molecule has 1 saturated heterocycles. The molecule has 0 N–H and O–H groups in total. The highest BCUT2D eigenvalue weighted by molar-refractivity contribution is 5.84. The fourth-order valence-electron chi connectivity index (χ4n) is 4.06. The van der Waals surface area contributed by atoms with E-state index < -0.39 is 0 Å². The second kappa shape index (κ2) is 6.11. The highest BCUT2D eigenvalue weighted by Gasteiger charge is 2.36. The van der Waals surface area contributed by atoms with Crippen LogP contribution in [0.15, 0.2) is 10.5 Å². The van der Waals surface area contributed by atoms with Crippen molar-refractivity contribution in [1.82, 2.24) is 14.7 Å². The number of furan rings is 1. The third-order valence-electron chi connectivity index (χ3n) is 5.35. The van der Waals surface area contributed by atoms with E-state index >= 15 is 0 Å². The smallest absolute Gasteiger partial charge is 0.230 e. The van der Waals surface area contributed by atoms with E-state index in [4.69, 9.17) is 4.42 Å². The zero-order chi connectivity index (χ0) is 17.6. The topological polar surface area (TPSA) is 51.3 Å². The lowest BCUT2D eigenvalue weighted by Gasteiger charge is -2.28. The van der Waals surface area contributed by atoms with Gasteiger partial charge in [-0.1, -0.05) is 0 Å². The average molecular weight is 329 g/mol. The Morgan fingerprint density at radius 1 is 1.33 bits per heavy atom. The van der Waals surface area contributed by atoms with Gasteiger partial charge in [-0.15, -0.1) is 0 Å².